The average Bonchev–Trinajstić information content (AvgIpc) is 3.44. The Labute approximate surface area is 178 Å². The number of nitrogens with one attached hydrogen (secondary N) is 1. The molecule has 2 unspecified atom stereocenters. The van der Waals surface area contributed by atoms with Crippen LogP contribution in [-0.4, -0.2) is 45.2 Å². The molecule has 1 aliphatic heterocycles. The monoisotopic (exact) mass is 426 g/mol. The highest BCUT2D eigenvalue weighted by atomic mass is 32.2. The number of carbonyl (C=O) groups is 1. The number of benzene rings is 2. The third-order valence-electron chi connectivity index (χ3n) is 4.99. The molecule has 1 saturated heterocycles. The Morgan fingerprint density at radius 2 is 2.00 bits per heavy atom. The molecule has 2 aromatic carbocycles. The number of nitrogens with zero attached hydrogens (tertiary/aromatic N) is 3. The molecule has 1 aliphatic rings. The van der Waals surface area contributed by atoms with Gasteiger partial charge in [-0.3, -0.25) is 9.36 Å². The summed E-state index contributed by atoms with van der Waals surface area (Å²) in [6, 6.07) is 15.8. The molecule has 0 aliphatic carbocycles. The van der Waals surface area contributed by atoms with Crippen LogP contribution >= 0.6 is 11.8 Å². The lowest BCUT2D eigenvalue weighted by atomic mass is 10.1. The zero-order valence-corrected chi connectivity index (χ0v) is 17.4. The Kier molecular flexibility index (Phi) is 6.44. The van der Waals surface area contributed by atoms with E-state index in [0.29, 0.717) is 11.0 Å². The van der Waals surface area contributed by atoms with E-state index in [0.717, 1.165) is 30.7 Å². The van der Waals surface area contributed by atoms with Crippen molar-refractivity contribution in [3.8, 4) is 17.1 Å². The molecule has 3 aromatic rings. The Bertz CT molecular complexity index is 988. The summed E-state index contributed by atoms with van der Waals surface area (Å²) in [4.78, 5) is 12.5. The molecule has 4 rings (SSSR count). The highest BCUT2D eigenvalue weighted by Gasteiger charge is 2.24. The number of amides is 1. The normalized spacial score (nSPS) is 17.1. The van der Waals surface area contributed by atoms with Crippen LogP contribution in [0.4, 0.5) is 4.39 Å². The molecule has 156 valence electrons. The summed E-state index contributed by atoms with van der Waals surface area (Å²) < 4.78 is 20.9. The molecule has 2 atom stereocenters. The fraction of sp³-hybridized carbons (Fsp3) is 0.318. The second kappa shape index (κ2) is 9.40. The van der Waals surface area contributed by atoms with Gasteiger partial charge in [-0.15, -0.1) is 10.2 Å². The Hall–Kier alpha value is -2.71. The maximum atomic E-state index is 13.4. The van der Waals surface area contributed by atoms with Gasteiger partial charge in [-0.1, -0.05) is 30.0 Å². The quantitative estimate of drug-likeness (QED) is 0.581. The fourth-order valence-corrected chi connectivity index (χ4v) is 4.24. The number of halogens is 1. The third kappa shape index (κ3) is 4.71. The minimum atomic E-state index is -0.309. The third-order valence-corrected chi connectivity index (χ3v) is 5.92. The van der Waals surface area contributed by atoms with Crippen LogP contribution in [0.25, 0.3) is 17.1 Å². The van der Waals surface area contributed by atoms with Gasteiger partial charge in [-0.05, 0) is 56.2 Å². The highest BCUT2D eigenvalue weighted by Crippen LogP contribution is 2.28. The molecule has 6 nitrogen and oxygen atoms in total. The van der Waals surface area contributed by atoms with E-state index in [9.17, 15) is 9.18 Å². The zero-order chi connectivity index (χ0) is 20.9. The van der Waals surface area contributed by atoms with Crippen LogP contribution < -0.4 is 5.32 Å². The van der Waals surface area contributed by atoms with Crippen LogP contribution in [0.5, 0.6) is 0 Å². The van der Waals surface area contributed by atoms with Gasteiger partial charge >= 0.3 is 0 Å². The predicted molar refractivity (Wildman–Crippen MR) is 114 cm³/mol. The van der Waals surface area contributed by atoms with Crippen LogP contribution in [0.2, 0.25) is 0 Å². The summed E-state index contributed by atoms with van der Waals surface area (Å²) in [7, 11) is 0. The molecule has 30 heavy (non-hydrogen) atoms. The van der Waals surface area contributed by atoms with Crippen molar-refractivity contribution in [1.29, 1.82) is 0 Å². The molecule has 2 heterocycles. The Balaban J connectivity index is 1.53. The van der Waals surface area contributed by atoms with Crippen molar-refractivity contribution in [2.24, 2.45) is 0 Å². The van der Waals surface area contributed by atoms with Gasteiger partial charge in [0.1, 0.15) is 5.82 Å². The minimum absolute atomic E-state index is 0.0256. The van der Waals surface area contributed by atoms with Crippen LogP contribution in [0.15, 0.2) is 59.8 Å². The maximum Gasteiger partial charge on any atom is 0.230 e. The number of hydrogen-bond donors (Lipinski definition) is 1. The largest absolute Gasteiger partial charge is 0.376 e. The molecule has 1 N–H and O–H groups in total. The van der Waals surface area contributed by atoms with E-state index in [1.165, 1.54) is 23.9 Å². The van der Waals surface area contributed by atoms with Crippen LogP contribution in [0.1, 0.15) is 19.8 Å². The van der Waals surface area contributed by atoms with E-state index in [-0.39, 0.29) is 29.6 Å². The van der Waals surface area contributed by atoms with Crippen LogP contribution in [0.3, 0.4) is 0 Å². The number of aromatic nitrogens is 3. The summed E-state index contributed by atoms with van der Waals surface area (Å²) in [5, 5.41) is 12.2. The standard InChI is InChI=1S/C22H23FN4O2S/c1-15(19-8-5-13-29-19)24-20(28)14-30-22-26-25-21(16-9-11-17(23)12-10-16)27(22)18-6-3-2-4-7-18/h2-4,6-7,9-12,15,19H,5,8,13-14H2,1H3,(H,24,28). The van der Waals surface area contributed by atoms with Gasteiger partial charge in [0, 0.05) is 17.9 Å². The SMILES string of the molecule is CC(NC(=O)CSc1nnc(-c2ccc(F)cc2)n1-c1ccccc1)C1CCCO1. The van der Waals surface area contributed by atoms with Crippen molar-refractivity contribution >= 4 is 17.7 Å². The molecule has 1 amide bonds. The summed E-state index contributed by atoms with van der Waals surface area (Å²) >= 11 is 1.32. The second-order valence-electron chi connectivity index (χ2n) is 7.18. The Morgan fingerprint density at radius 3 is 2.70 bits per heavy atom. The zero-order valence-electron chi connectivity index (χ0n) is 16.6. The first-order chi connectivity index (χ1) is 14.6. The van der Waals surface area contributed by atoms with Crippen molar-refractivity contribution in [2.75, 3.05) is 12.4 Å². The number of thioether (sulfide) groups is 1. The fourth-order valence-electron chi connectivity index (χ4n) is 3.47. The van der Waals surface area contributed by atoms with E-state index in [4.69, 9.17) is 4.74 Å². The van der Waals surface area contributed by atoms with Gasteiger partial charge in [0.15, 0.2) is 11.0 Å². The van der Waals surface area contributed by atoms with E-state index in [1.54, 1.807) is 12.1 Å². The summed E-state index contributed by atoms with van der Waals surface area (Å²) in [6.07, 6.45) is 2.08. The lowest BCUT2D eigenvalue weighted by molar-refractivity contribution is -0.120. The van der Waals surface area contributed by atoms with Crippen molar-refractivity contribution in [3.63, 3.8) is 0 Å². The lowest BCUT2D eigenvalue weighted by Crippen LogP contribution is -2.41. The molecule has 0 radical (unpaired) electrons. The van der Waals surface area contributed by atoms with E-state index in [2.05, 4.69) is 15.5 Å². The predicted octanol–water partition coefficient (Wildman–Crippen LogP) is 3.85. The van der Waals surface area contributed by atoms with Crippen molar-refractivity contribution in [2.45, 2.75) is 37.1 Å². The lowest BCUT2D eigenvalue weighted by Gasteiger charge is -2.19. The van der Waals surface area contributed by atoms with Crippen molar-refractivity contribution in [1.82, 2.24) is 20.1 Å². The number of para-hydroxylation sites is 1. The first-order valence-electron chi connectivity index (χ1n) is 9.92. The summed E-state index contributed by atoms with van der Waals surface area (Å²) in [5.74, 6) is 0.424. The van der Waals surface area contributed by atoms with Gasteiger partial charge in [0.25, 0.3) is 0 Å². The van der Waals surface area contributed by atoms with Gasteiger partial charge < -0.3 is 10.1 Å². The molecule has 8 heteroatoms. The maximum absolute atomic E-state index is 13.4. The highest BCUT2D eigenvalue weighted by molar-refractivity contribution is 7.99. The molecule has 0 spiro atoms. The molecule has 1 aromatic heterocycles. The average molecular weight is 427 g/mol. The summed E-state index contributed by atoms with van der Waals surface area (Å²) in [5.41, 5.74) is 1.62. The van der Waals surface area contributed by atoms with Gasteiger partial charge in [0.05, 0.1) is 17.9 Å². The molecule has 1 fully saturated rings. The number of rotatable bonds is 7. The number of ether oxygens (including phenoxy) is 1. The molecular weight excluding hydrogens is 403 g/mol. The second-order valence-corrected chi connectivity index (χ2v) is 8.12. The van der Waals surface area contributed by atoms with Crippen LogP contribution in [0, 0.1) is 5.82 Å². The first-order valence-corrected chi connectivity index (χ1v) is 10.9. The van der Waals surface area contributed by atoms with Gasteiger partial charge in [0.2, 0.25) is 5.91 Å². The Morgan fingerprint density at radius 1 is 1.23 bits per heavy atom. The topological polar surface area (TPSA) is 69.0 Å². The van der Waals surface area contributed by atoms with Gasteiger partial charge in [-0.2, -0.15) is 0 Å². The first kappa shape index (κ1) is 20.6. The summed E-state index contributed by atoms with van der Waals surface area (Å²) in [6.45, 7) is 2.73. The molecule has 0 saturated carbocycles. The smallest absolute Gasteiger partial charge is 0.230 e. The minimum Gasteiger partial charge on any atom is -0.376 e. The molecular formula is C22H23FN4O2S. The van der Waals surface area contributed by atoms with Crippen molar-refractivity contribution in [3.05, 3.63) is 60.4 Å². The van der Waals surface area contributed by atoms with E-state index in [1.807, 2.05) is 41.8 Å². The number of hydrogen-bond acceptors (Lipinski definition) is 5. The van der Waals surface area contributed by atoms with E-state index >= 15 is 0 Å². The van der Waals surface area contributed by atoms with E-state index < -0.39 is 0 Å². The molecule has 0 bridgehead atoms. The van der Waals surface area contributed by atoms with Crippen molar-refractivity contribution < 1.29 is 13.9 Å². The van der Waals surface area contributed by atoms with Crippen LogP contribution in [-0.2, 0) is 9.53 Å². The van der Waals surface area contributed by atoms with Gasteiger partial charge in [-0.25, -0.2) is 4.39 Å². The number of carbonyl (C=O) groups excluding carboxylic acids is 1.